The number of thioether (sulfide) groups is 2. The van der Waals surface area contributed by atoms with E-state index in [9.17, 15) is 0 Å². The number of hydrogen-bond donors (Lipinski definition) is 0. The summed E-state index contributed by atoms with van der Waals surface area (Å²) in [6, 6.07) is 38.7. The van der Waals surface area contributed by atoms with Crippen molar-refractivity contribution in [3.05, 3.63) is 131 Å². The van der Waals surface area contributed by atoms with E-state index >= 15 is 0 Å². The number of hydrogen-bond acceptors (Lipinski definition) is 2. The predicted molar refractivity (Wildman–Crippen MR) is 135 cm³/mol. The van der Waals surface area contributed by atoms with Gasteiger partial charge in [0.05, 0.1) is 0 Å². The number of rotatable bonds is 4. The first-order chi connectivity index (χ1) is 14.9. The van der Waals surface area contributed by atoms with Crippen LogP contribution in [0.1, 0.15) is 11.1 Å². The van der Waals surface area contributed by atoms with Gasteiger partial charge in [-0.1, -0.05) is 121 Å². The fraction of sp³-hybridized carbons (Fsp3) is 0. The van der Waals surface area contributed by atoms with Crippen molar-refractivity contribution >= 4 is 33.3 Å². The van der Waals surface area contributed by atoms with E-state index in [1.54, 1.807) is 11.8 Å². The minimum atomic E-state index is 1.25. The van der Waals surface area contributed by atoms with Crippen LogP contribution in [-0.2, 0) is 0 Å². The van der Waals surface area contributed by atoms with E-state index in [-0.39, 0.29) is 0 Å². The Morgan fingerprint density at radius 1 is 0.367 bits per heavy atom. The van der Waals surface area contributed by atoms with Crippen molar-refractivity contribution in [1.82, 2.24) is 0 Å². The zero-order valence-corrected chi connectivity index (χ0v) is 18.0. The summed E-state index contributed by atoms with van der Waals surface area (Å²) in [5, 5.41) is 4.53. The maximum Gasteiger partial charge on any atom is 0.0267 e. The third kappa shape index (κ3) is 3.89. The van der Waals surface area contributed by atoms with Crippen LogP contribution in [0.3, 0.4) is 0 Å². The van der Waals surface area contributed by atoms with Gasteiger partial charge in [0.15, 0.2) is 0 Å². The highest BCUT2D eigenvalue weighted by atomic mass is 32.2. The largest absolute Gasteiger partial charge is 0.104 e. The summed E-state index contributed by atoms with van der Waals surface area (Å²) in [6.45, 7) is 0. The van der Waals surface area contributed by atoms with Crippen LogP contribution < -0.4 is 0 Å². The average molecular weight is 421 g/mol. The van der Waals surface area contributed by atoms with E-state index in [1.165, 1.54) is 43.2 Å². The molecule has 0 saturated carbocycles. The first-order valence-electron chi connectivity index (χ1n) is 9.93. The molecule has 0 fully saturated rings. The summed E-state index contributed by atoms with van der Waals surface area (Å²) in [5.74, 6) is 0. The van der Waals surface area contributed by atoms with Crippen LogP contribution in [0.4, 0.5) is 0 Å². The van der Waals surface area contributed by atoms with Crippen LogP contribution in [0.25, 0.3) is 32.1 Å². The monoisotopic (exact) mass is 420 g/mol. The molecule has 4 aromatic carbocycles. The highest BCUT2D eigenvalue weighted by Gasteiger charge is 2.18. The van der Waals surface area contributed by atoms with Gasteiger partial charge in [0.1, 0.15) is 0 Å². The third-order valence-corrected chi connectivity index (χ3v) is 7.28. The van der Waals surface area contributed by atoms with Crippen molar-refractivity contribution in [2.24, 2.45) is 0 Å². The van der Waals surface area contributed by atoms with Gasteiger partial charge in [-0.05, 0) is 44.2 Å². The molecule has 0 amide bonds. The Bertz CT molecular complexity index is 1120. The summed E-state index contributed by atoms with van der Waals surface area (Å²) in [7, 11) is 0. The Kier molecular flexibility index (Phi) is 5.60. The van der Waals surface area contributed by atoms with Gasteiger partial charge in [-0.25, -0.2) is 0 Å². The molecule has 0 saturated heterocycles. The standard InChI is InChI=1S/C28H20S2/c1-3-11-21(12-4-1)23-15-7-9-17-25(23)27-19-29-20-28(30-27)26-18-10-8-16-24(26)22-13-5-2-6-14-22/h1-20H. The zero-order chi connectivity index (χ0) is 20.2. The Morgan fingerprint density at radius 3 is 1.17 bits per heavy atom. The van der Waals surface area contributed by atoms with Gasteiger partial charge in [0.2, 0.25) is 0 Å². The molecule has 0 spiro atoms. The fourth-order valence-electron chi connectivity index (χ4n) is 3.70. The van der Waals surface area contributed by atoms with Crippen LogP contribution in [-0.4, -0.2) is 0 Å². The zero-order valence-electron chi connectivity index (χ0n) is 16.4. The van der Waals surface area contributed by atoms with E-state index in [0.717, 1.165) is 0 Å². The average Bonchev–Trinajstić information content (AvgIpc) is 2.85. The highest BCUT2D eigenvalue weighted by molar-refractivity contribution is 8.20. The Morgan fingerprint density at radius 2 is 0.733 bits per heavy atom. The van der Waals surface area contributed by atoms with Crippen molar-refractivity contribution in [3.8, 4) is 22.3 Å². The topological polar surface area (TPSA) is 0 Å². The first-order valence-corrected chi connectivity index (χ1v) is 11.7. The molecule has 1 aliphatic heterocycles. The minimum Gasteiger partial charge on any atom is -0.104 e. The molecular formula is C28H20S2. The van der Waals surface area contributed by atoms with Crippen LogP contribution in [0, 0.1) is 0 Å². The SMILES string of the molecule is C1=C(c2ccccc2-c2ccccc2)SC(c2ccccc2-c2ccccc2)=CS1. The van der Waals surface area contributed by atoms with Gasteiger partial charge in [0.25, 0.3) is 0 Å². The van der Waals surface area contributed by atoms with E-state index in [0.29, 0.717) is 0 Å². The van der Waals surface area contributed by atoms with Gasteiger partial charge >= 0.3 is 0 Å². The minimum absolute atomic E-state index is 1.25. The van der Waals surface area contributed by atoms with Crippen LogP contribution in [0.15, 0.2) is 120 Å². The second-order valence-corrected chi connectivity index (χ2v) is 8.85. The van der Waals surface area contributed by atoms with Crippen molar-refractivity contribution in [2.45, 2.75) is 0 Å². The summed E-state index contributed by atoms with van der Waals surface area (Å²) in [6.07, 6.45) is 0. The number of benzene rings is 4. The van der Waals surface area contributed by atoms with Gasteiger partial charge < -0.3 is 0 Å². The van der Waals surface area contributed by atoms with Gasteiger partial charge in [-0.3, -0.25) is 0 Å². The Balaban J connectivity index is 1.52. The maximum atomic E-state index is 2.26. The summed E-state index contributed by atoms with van der Waals surface area (Å²) < 4.78 is 0. The van der Waals surface area contributed by atoms with Crippen molar-refractivity contribution < 1.29 is 0 Å². The smallest absolute Gasteiger partial charge is 0.0267 e. The third-order valence-electron chi connectivity index (χ3n) is 5.12. The molecule has 5 rings (SSSR count). The molecule has 1 heterocycles. The summed E-state index contributed by atoms with van der Waals surface area (Å²) >= 11 is 3.62. The molecule has 0 aliphatic carbocycles. The summed E-state index contributed by atoms with van der Waals surface area (Å²) in [4.78, 5) is 2.58. The second kappa shape index (κ2) is 8.83. The lowest BCUT2D eigenvalue weighted by molar-refractivity contribution is 1.58. The van der Waals surface area contributed by atoms with Crippen molar-refractivity contribution in [1.29, 1.82) is 0 Å². The van der Waals surface area contributed by atoms with E-state index in [1.807, 2.05) is 11.8 Å². The molecule has 0 aromatic heterocycles. The van der Waals surface area contributed by atoms with Crippen LogP contribution in [0.5, 0.6) is 0 Å². The van der Waals surface area contributed by atoms with Gasteiger partial charge in [0, 0.05) is 9.81 Å². The van der Waals surface area contributed by atoms with Crippen molar-refractivity contribution in [2.75, 3.05) is 0 Å². The Hall–Kier alpha value is -2.94. The maximum absolute atomic E-state index is 2.26. The predicted octanol–water partition coefficient (Wildman–Crippen LogP) is 8.80. The van der Waals surface area contributed by atoms with Crippen molar-refractivity contribution in [3.63, 3.8) is 0 Å². The lowest BCUT2D eigenvalue weighted by Crippen LogP contribution is -1.92. The molecule has 0 nitrogen and oxygen atoms in total. The molecule has 2 heteroatoms. The molecule has 0 radical (unpaired) electrons. The van der Waals surface area contributed by atoms with Crippen LogP contribution in [0.2, 0.25) is 0 Å². The second-order valence-electron chi connectivity index (χ2n) is 7.03. The molecular weight excluding hydrogens is 400 g/mol. The lowest BCUT2D eigenvalue weighted by atomic mass is 9.99. The van der Waals surface area contributed by atoms with Gasteiger partial charge in [-0.2, -0.15) is 0 Å². The normalized spacial score (nSPS) is 13.5. The first kappa shape index (κ1) is 19.0. The molecule has 0 N–H and O–H groups in total. The molecule has 0 unspecified atom stereocenters. The quantitative estimate of drug-likeness (QED) is 0.323. The van der Waals surface area contributed by atoms with E-state index in [4.69, 9.17) is 0 Å². The molecule has 4 aromatic rings. The summed E-state index contributed by atoms with van der Waals surface area (Å²) in [5.41, 5.74) is 7.61. The van der Waals surface area contributed by atoms with Gasteiger partial charge in [-0.15, -0.1) is 11.8 Å². The molecule has 0 atom stereocenters. The molecule has 30 heavy (non-hydrogen) atoms. The van der Waals surface area contributed by atoms with Crippen LogP contribution >= 0.6 is 23.5 Å². The highest BCUT2D eigenvalue weighted by Crippen LogP contribution is 2.49. The molecule has 144 valence electrons. The molecule has 1 aliphatic rings. The van der Waals surface area contributed by atoms with E-state index < -0.39 is 0 Å². The molecule has 0 bridgehead atoms. The lowest BCUT2D eigenvalue weighted by Gasteiger charge is -2.19. The van der Waals surface area contributed by atoms with E-state index in [2.05, 4.69) is 120 Å². The Labute approximate surface area is 186 Å². The fourth-order valence-corrected chi connectivity index (χ4v) is 5.80.